The van der Waals surface area contributed by atoms with Crippen LogP contribution in [-0.2, 0) is 11.8 Å². The van der Waals surface area contributed by atoms with E-state index in [-0.39, 0.29) is 11.9 Å². The predicted molar refractivity (Wildman–Crippen MR) is 102 cm³/mol. The molecule has 3 heterocycles. The van der Waals surface area contributed by atoms with E-state index in [0.29, 0.717) is 15.7 Å². The maximum atomic E-state index is 12.9. The number of nitrogens with zero attached hydrogens (tertiary/aromatic N) is 5. The highest BCUT2D eigenvalue weighted by molar-refractivity contribution is 6.35. The van der Waals surface area contributed by atoms with Crippen molar-refractivity contribution in [3.8, 4) is 0 Å². The Morgan fingerprint density at radius 3 is 2.77 bits per heavy atom. The lowest BCUT2D eigenvalue weighted by Crippen LogP contribution is -2.40. The fourth-order valence-corrected chi connectivity index (χ4v) is 3.85. The Kier molecular flexibility index (Phi) is 4.42. The molecular formula is C17H16Cl2N6O. The van der Waals surface area contributed by atoms with Crippen molar-refractivity contribution in [2.45, 2.75) is 18.9 Å². The molecule has 0 bridgehead atoms. The predicted octanol–water partition coefficient (Wildman–Crippen LogP) is 3.28. The van der Waals surface area contributed by atoms with E-state index in [9.17, 15) is 4.79 Å². The van der Waals surface area contributed by atoms with E-state index in [1.807, 2.05) is 11.9 Å². The number of carbonyl (C=O) groups excluding carboxylic acids is 1. The minimum absolute atomic E-state index is 0.114. The van der Waals surface area contributed by atoms with Gasteiger partial charge in [-0.1, -0.05) is 23.2 Å². The summed E-state index contributed by atoms with van der Waals surface area (Å²) in [6, 6.07) is 4.65. The number of nitrogens with one attached hydrogen (secondary N) is 1. The SMILES string of the molecule is Cn1ncc2c(N3CCC[C@H]3C(=O)Nc3cc(Cl)cc(Cl)c3)ncnc21. The summed E-state index contributed by atoms with van der Waals surface area (Å²) in [5.74, 6) is 0.612. The normalized spacial score (nSPS) is 17.0. The van der Waals surface area contributed by atoms with Crippen LogP contribution in [0.3, 0.4) is 0 Å². The summed E-state index contributed by atoms with van der Waals surface area (Å²) in [6.45, 7) is 0.745. The van der Waals surface area contributed by atoms with Crippen molar-refractivity contribution in [2.24, 2.45) is 7.05 Å². The number of benzene rings is 1. The maximum Gasteiger partial charge on any atom is 0.247 e. The maximum absolute atomic E-state index is 12.9. The molecule has 1 aliphatic rings. The first kappa shape index (κ1) is 17.1. The molecule has 1 atom stereocenters. The Bertz CT molecular complexity index is 968. The van der Waals surface area contributed by atoms with Gasteiger partial charge in [-0.15, -0.1) is 0 Å². The van der Waals surface area contributed by atoms with Gasteiger partial charge in [0.1, 0.15) is 18.2 Å². The largest absolute Gasteiger partial charge is 0.344 e. The van der Waals surface area contributed by atoms with Crippen LogP contribution in [0.25, 0.3) is 11.0 Å². The second kappa shape index (κ2) is 6.74. The number of carbonyl (C=O) groups is 1. The van der Waals surface area contributed by atoms with Gasteiger partial charge in [-0.3, -0.25) is 9.48 Å². The molecule has 1 N–H and O–H groups in total. The van der Waals surface area contributed by atoms with E-state index in [1.165, 1.54) is 6.33 Å². The average molecular weight is 391 g/mol. The van der Waals surface area contributed by atoms with Crippen LogP contribution in [-0.4, -0.2) is 38.2 Å². The zero-order chi connectivity index (χ0) is 18.3. The van der Waals surface area contributed by atoms with Gasteiger partial charge in [0.2, 0.25) is 5.91 Å². The molecule has 0 aliphatic carbocycles. The molecule has 134 valence electrons. The third kappa shape index (κ3) is 3.08. The molecule has 7 nitrogen and oxygen atoms in total. The molecule has 9 heteroatoms. The Morgan fingerprint density at radius 2 is 2.00 bits per heavy atom. The number of halogens is 2. The number of amides is 1. The van der Waals surface area contributed by atoms with Crippen LogP contribution in [0.5, 0.6) is 0 Å². The number of aromatic nitrogens is 4. The number of hydrogen-bond acceptors (Lipinski definition) is 5. The summed E-state index contributed by atoms with van der Waals surface area (Å²) < 4.78 is 1.69. The van der Waals surface area contributed by atoms with E-state index in [4.69, 9.17) is 23.2 Å². The second-order valence-electron chi connectivity index (χ2n) is 6.20. The number of anilines is 2. The number of aryl methyl sites for hydroxylation is 1. The van der Waals surface area contributed by atoms with Crippen LogP contribution < -0.4 is 10.2 Å². The zero-order valence-corrected chi connectivity index (χ0v) is 15.5. The lowest BCUT2D eigenvalue weighted by atomic mass is 10.2. The molecule has 0 radical (unpaired) electrons. The monoisotopic (exact) mass is 390 g/mol. The van der Waals surface area contributed by atoms with Crippen LogP contribution in [0, 0.1) is 0 Å². The summed E-state index contributed by atoms with van der Waals surface area (Å²) in [5.41, 5.74) is 1.32. The highest BCUT2D eigenvalue weighted by Gasteiger charge is 2.33. The second-order valence-corrected chi connectivity index (χ2v) is 7.07. The smallest absolute Gasteiger partial charge is 0.247 e. The van der Waals surface area contributed by atoms with Crippen molar-refractivity contribution < 1.29 is 4.79 Å². The summed E-state index contributed by atoms with van der Waals surface area (Å²) in [4.78, 5) is 23.5. The van der Waals surface area contributed by atoms with Crippen molar-refractivity contribution in [2.75, 3.05) is 16.8 Å². The Hall–Kier alpha value is -2.38. The van der Waals surface area contributed by atoms with Crippen LogP contribution in [0.1, 0.15) is 12.8 Å². The van der Waals surface area contributed by atoms with E-state index in [1.54, 1.807) is 29.1 Å². The lowest BCUT2D eigenvalue weighted by Gasteiger charge is -2.25. The molecule has 1 aromatic carbocycles. The molecule has 0 unspecified atom stereocenters. The zero-order valence-electron chi connectivity index (χ0n) is 14.0. The van der Waals surface area contributed by atoms with Crippen LogP contribution in [0.15, 0.2) is 30.7 Å². The molecule has 3 aromatic rings. The van der Waals surface area contributed by atoms with E-state index in [0.717, 1.165) is 36.2 Å². The fraction of sp³-hybridized carbons (Fsp3) is 0.294. The first-order chi connectivity index (χ1) is 12.5. The Balaban J connectivity index is 1.62. The van der Waals surface area contributed by atoms with Gasteiger partial charge in [0.25, 0.3) is 0 Å². The summed E-state index contributed by atoms with van der Waals surface area (Å²) in [6.07, 6.45) is 4.88. The average Bonchev–Trinajstić information content (AvgIpc) is 3.21. The van der Waals surface area contributed by atoms with Crippen molar-refractivity contribution in [3.05, 3.63) is 40.8 Å². The molecule has 0 saturated carbocycles. The molecular weight excluding hydrogens is 375 g/mol. The van der Waals surface area contributed by atoms with Gasteiger partial charge < -0.3 is 10.2 Å². The Labute approximate surface area is 159 Å². The van der Waals surface area contributed by atoms with Gasteiger partial charge in [-0.05, 0) is 31.0 Å². The van der Waals surface area contributed by atoms with Crippen molar-refractivity contribution in [3.63, 3.8) is 0 Å². The minimum Gasteiger partial charge on any atom is -0.344 e. The third-order valence-electron chi connectivity index (χ3n) is 4.47. The molecule has 1 aliphatic heterocycles. The first-order valence-corrected chi connectivity index (χ1v) is 8.95. The van der Waals surface area contributed by atoms with Crippen LogP contribution >= 0.6 is 23.2 Å². The Morgan fingerprint density at radius 1 is 1.23 bits per heavy atom. The topological polar surface area (TPSA) is 75.9 Å². The van der Waals surface area contributed by atoms with Crippen LogP contribution in [0.4, 0.5) is 11.5 Å². The van der Waals surface area contributed by atoms with Gasteiger partial charge in [-0.25, -0.2) is 9.97 Å². The first-order valence-electron chi connectivity index (χ1n) is 8.19. The molecule has 1 amide bonds. The molecule has 0 spiro atoms. The molecule has 1 fully saturated rings. The van der Waals surface area contributed by atoms with Crippen LogP contribution in [0.2, 0.25) is 10.0 Å². The highest BCUT2D eigenvalue weighted by atomic mass is 35.5. The summed E-state index contributed by atoms with van der Waals surface area (Å²) in [5, 5.41) is 8.93. The fourth-order valence-electron chi connectivity index (χ4n) is 3.32. The molecule has 1 saturated heterocycles. The van der Waals surface area contributed by atoms with Gasteiger partial charge in [0.15, 0.2) is 5.65 Å². The van der Waals surface area contributed by atoms with Crippen molar-refractivity contribution >= 4 is 51.6 Å². The van der Waals surface area contributed by atoms with E-state index >= 15 is 0 Å². The van der Waals surface area contributed by atoms with Gasteiger partial charge in [0, 0.05) is 29.3 Å². The minimum atomic E-state index is -0.328. The molecule has 2 aromatic heterocycles. The van der Waals surface area contributed by atoms with Crippen molar-refractivity contribution in [1.82, 2.24) is 19.7 Å². The quantitative estimate of drug-likeness (QED) is 0.742. The molecule has 26 heavy (non-hydrogen) atoms. The highest BCUT2D eigenvalue weighted by Crippen LogP contribution is 2.30. The lowest BCUT2D eigenvalue weighted by molar-refractivity contribution is -0.117. The summed E-state index contributed by atoms with van der Waals surface area (Å²) in [7, 11) is 1.83. The standard InChI is InChI=1S/C17H16Cl2N6O/c1-24-15-13(8-22-24)16(21-9-20-15)25-4-2-3-14(25)17(26)23-12-6-10(18)5-11(19)7-12/h5-9,14H,2-4H2,1H3,(H,23,26)/t14-/m0/s1. The number of rotatable bonds is 3. The van der Waals surface area contributed by atoms with E-state index < -0.39 is 0 Å². The van der Waals surface area contributed by atoms with Gasteiger partial charge in [-0.2, -0.15) is 5.10 Å². The number of fused-ring (bicyclic) bond motifs is 1. The van der Waals surface area contributed by atoms with E-state index in [2.05, 4.69) is 20.4 Å². The van der Waals surface area contributed by atoms with Gasteiger partial charge in [0.05, 0.1) is 11.6 Å². The van der Waals surface area contributed by atoms with Gasteiger partial charge >= 0.3 is 0 Å². The third-order valence-corrected chi connectivity index (χ3v) is 4.90. The number of hydrogen-bond donors (Lipinski definition) is 1. The molecule has 4 rings (SSSR count). The van der Waals surface area contributed by atoms with Crippen molar-refractivity contribution in [1.29, 1.82) is 0 Å². The summed E-state index contributed by atoms with van der Waals surface area (Å²) >= 11 is 12.0.